The molecule has 0 atom stereocenters. The van der Waals surface area contributed by atoms with Gasteiger partial charge in [0.2, 0.25) is 0 Å². The van der Waals surface area contributed by atoms with Crippen LogP contribution in [0, 0.1) is 12.3 Å². The Morgan fingerprint density at radius 3 is 2.73 bits per heavy atom. The van der Waals surface area contributed by atoms with Crippen molar-refractivity contribution in [1.82, 2.24) is 0 Å². The summed E-state index contributed by atoms with van der Waals surface area (Å²) in [6.45, 7) is 2.06. The minimum Gasteiger partial charge on any atom is -0.481 e. The van der Waals surface area contributed by atoms with E-state index in [0.717, 1.165) is 25.7 Å². The van der Waals surface area contributed by atoms with E-state index < -0.39 is 5.97 Å². The van der Waals surface area contributed by atoms with E-state index in [2.05, 4.69) is 25.1 Å². The first-order valence-electron chi connectivity index (χ1n) is 5.41. The molecule has 0 amide bonds. The van der Waals surface area contributed by atoms with Crippen LogP contribution in [0.3, 0.4) is 0 Å². The first-order valence-corrected chi connectivity index (χ1v) is 5.41. The van der Waals surface area contributed by atoms with Crippen LogP contribution in [0.2, 0.25) is 0 Å². The molecule has 0 saturated heterocycles. The largest absolute Gasteiger partial charge is 0.481 e. The Hall–Kier alpha value is -1.31. The second kappa shape index (κ2) is 3.69. The summed E-state index contributed by atoms with van der Waals surface area (Å²) in [7, 11) is 0. The van der Waals surface area contributed by atoms with Crippen LogP contribution >= 0.6 is 0 Å². The van der Waals surface area contributed by atoms with Crippen molar-refractivity contribution in [2.24, 2.45) is 5.41 Å². The number of aliphatic carboxylic acids is 1. The third-order valence-electron chi connectivity index (χ3n) is 3.28. The fraction of sp³-hybridized carbons (Fsp3) is 0.462. The molecule has 0 radical (unpaired) electrons. The number of carboxylic acids is 1. The van der Waals surface area contributed by atoms with Crippen LogP contribution < -0.4 is 0 Å². The smallest absolute Gasteiger partial charge is 0.309 e. The van der Waals surface area contributed by atoms with Crippen LogP contribution in [0.4, 0.5) is 0 Å². The molecule has 1 aromatic rings. The quantitative estimate of drug-likeness (QED) is 0.818. The van der Waals surface area contributed by atoms with Crippen LogP contribution in [0.25, 0.3) is 0 Å². The van der Waals surface area contributed by atoms with Crippen molar-refractivity contribution in [2.75, 3.05) is 0 Å². The van der Waals surface area contributed by atoms with Crippen molar-refractivity contribution >= 4 is 5.97 Å². The summed E-state index contributed by atoms with van der Waals surface area (Å²) < 4.78 is 0. The average molecular weight is 204 g/mol. The van der Waals surface area contributed by atoms with Crippen molar-refractivity contribution < 1.29 is 9.90 Å². The van der Waals surface area contributed by atoms with Gasteiger partial charge >= 0.3 is 5.97 Å². The summed E-state index contributed by atoms with van der Waals surface area (Å²) in [5.41, 5.74) is 2.11. The van der Waals surface area contributed by atoms with E-state index in [9.17, 15) is 4.79 Å². The molecule has 0 unspecified atom stereocenters. The lowest BCUT2D eigenvalue weighted by atomic mass is 9.96. The zero-order valence-electron chi connectivity index (χ0n) is 8.99. The van der Waals surface area contributed by atoms with Crippen LogP contribution in [-0.4, -0.2) is 11.1 Å². The first kappa shape index (κ1) is 10.2. The van der Waals surface area contributed by atoms with Gasteiger partial charge in [0.25, 0.3) is 0 Å². The normalized spacial score (nSPS) is 17.4. The van der Waals surface area contributed by atoms with E-state index >= 15 is 0 Å². The summed E-state index contributed by atoms with van der Waals surface area (Å²) in [6.07, 6.45) is 3.38. The van der Waals surface area contributed by atoms with Gasteiger partial charge in [0.05, 0.1) is 5.41 Å². The summed E-state index contributed by atoms with van der Waals surface area (Å²) >= 11 is 0. The van der Waals surface area contributed by atoms with Gasteiger partial charge < -0.3 is 5.11 Å². The van der Waals surface area contributed by atoms with E-state index in [0.29, 0.717) is 0 Å². The number of hydrogen-bond donors (Lipinski definition) is 1. The lowest BCUT2D eigenvalue weighted by molar-refractivity contribution is -0.143. The molecule has 1 aliphatic rings. The molecule has 15 heavy (non-hydrogen) atoms. The van der Waals surface area contributed by atoms with Gasteiger partial charge in [-0.2, -0.15) is 0 Å². The molecule has 1 aromatic carbocycles. The minimum atomic E-state index is -0.616. The first-order chi connectivity index (χ1) is 7.12. The highest BCUT2D eigenvalue weighted by atomic mass is 16.4. The molecule has 0 spiro atoms. The van der Waals surface area contributed by atoms with Gasteiger partial charge in [-0.25, -0.2) is 0 Å². The monoisotopic (exact) mass is 204 g/mol. The Morgan fingerprint density at radius 1 is 1.47 bits per heavy atom. The van der Waals surface area contributed by atoms with Crippen molar-refractivity contribution in [3.63, 3.8) is 0 Å². The van der Waals surface area contributed by atoms with Crippen molar-refractivity contribution in [3.8, 4) is 0 Å². The lowest BCUT2D eigenvalue weighted by Gasteiger charge is -2.09. The lowest BCUT2D eigenvalue weighted by Crippen LogP contribution is -2.15. The van der Waals surface area contributed by atoms with Gasteiger partial charge in [-0.15, -0.1) is 0 Å². The third kappa shape index (κ3) is 2.20. The fourth-order valence-electron chi connectivity index (χ4n) is 1.97. The molecule has 0 aliphatic heterocycles. The number of carboxylic acid groups (broad SMARTS) is 1. The molecule has 1 fully saturated rings. The molecule has 1 N–H and O–H groups in total. The van der Waals surface area contributed by atoms with Crippen molar-refractivity contribution in [3.05, 3.63) is 35.4 Å². The molecule has 80 valence electrons. The Kier molecular flexibility index (Phi) is 2.51. The maximum atomic E-state index is 11.0. The second-order valence-electron chi connectivity index (χ2n) is 4.57. The predicted octanol–water partition coefficient (Wildman–Crippen LogP) is 2.79. The molecule has 0 heterocycles. The van der Waals surface area contributed by atoms with Crippen molar-refractivity contribution in [1.29, 1.82) is 0 Å². The molecule has 1 saturated carbocycles. The number of rotatable bonds is 4. The number of hydrogen-bond acceptors (Lipinski definition) is 1. The zero-order valence-corrected chi connectivity index (χ0v) is 8.99. The van der Waals surface area contributed by atoms with Crippen LogP contribution in [0.5, 0.6) is 0 Å². The Morgan fingerprint density at radius 2 is 2.20 bits per heavy atom. The molecule has 0 aromatic heterocycles. The Labute approximate surface area is 89.9 Å². The van der Waals surface area contributed by atoms with E-state index in [-0.39, 0.29) is 5.41 Å². The highest BCUT2D eigenvalue weighted by Crippen LogP contribution is 2.49. The highest BCUT2D eigenvalue weighted by Gasteiger charge is 2.49. The van der Waals surface area contributed by atoms with E-state index in [1.165, 1.54) is 11.1 Å². The molecular weight excluding hydrogens is 188 g/mol. The van der Waals surface area contributed by atoms with Crippen LogP contribution in [0.15, 0.2) is 24.3 Å². The van der Waals surface area contributed by atoms with Crippen LogP contribution in [0.1, 0.15) is 30.4 Å². The topological polar surface area (TPSA) is 37.3 Å². The molecule has 1 aliphatic carbocycles. The number of carbonyl (C=O) groups is 1. The standard InChI is InChI=1S/C13H16O2/c1-10-3-2-4-11(9-10)5-6-13(7-8-13)12(14)15/h2-4,9H,5-8H2,1H3,(H,14,15). The fourth-order valence-corrected chi connectivity index (χ4v) is 1.97. The molecule has 2 heteroatoms. The van der Waals surface area contributed by atoms with Gasteiger partial charge in [0, 0.05) is 0 Å². The Bertz CT molecular complexity index is 378. The van der Waals surface area contributed by atoms with Crippen LogP contribution in [-0.2, 0) is 11.2 Å². The molecule has 2 rings (SSSR count). The molecule has 2 nitrogen and oxygen atoms in total. The second-order valence-corrected chi connectivity index (χ2v) is 4.57. The SMILES string of the molecule is Cc1cccc(CCC2(C(=O)O)CC2)c1. The average Bonchev–Trinajstić information content (AvgIpc) is 2.96. The number of benzene rings is 1. The Balaban J connectivity index is 1.96. The molecular formula is C13H16O2. The zero-order chi connectivity index (χ0) is 10.9. The van der Waals surface area contributed by atoms with Gasteiger partial charge in [0.1, 0.15) is 0 Å². The van der Waals surface area contributed by atoms with Crippen molar-refractivity contribution in [2.45, 2.75) is 32.6 Å². The van der Waals surface area contributed by atoms with Gasteiger partial charge in [-0.3, -0.25) is 4.79 Å². The van der Waals surface area contributed by atoms with E-state index in [4.69, 9.17) is 5.11 Å². The van der Waals surface area contributed by atoms with Gasteiger partial charge in [-0.1, -0.05) is 29.8 Å². The predicted molar refractivity (Wildman–Crippen MR) is 58.8 cm³/mol. The molecule has 0 bridgehead atoms. The number of aryl methyl sites for hydroxylation is 2. The third-order valence-corrected chi connectivity index (χ3v) is 3.28. The van der Waals surface area contributed by atoms with E-state index in [1.807, 2.05) is 6.07 Å². The maximum Gasteiger partial charge on any atom is 0.309 e. The summed E-state index contributed by atoms with van der Waals surface area (Å²) in [5, 5.41) is 9.04. The van der Waals surface area contributed by atoms with E-state index in [1.54, 1.807) is 0 Å². The maximum absolute atomic E-state index is 11.0. The summed E-state index contributed by atoms with van der Waals surface area (Å²) in [4.78, 5) is 11.0. The summed E-state index contributed by atoms with van der Waals surface area (Å²) in [6, 6.07) is 8.31. The minimum absolute atomic E-state index is 0.385. The summed E-state index contributed by atoms with van der Waals surface area (Å²) in [5.74, 6) is -0.616. The van der Waals surface area contributed by atoms with Gasteiger partial charge in [-0.05, 0) is 38.2 Å². The van der Waals surface area contributed by atoms with Gasteiger partial charge in [0.15, 0.2) is 0 Å². The highest BCUT2D eigenvalue weighted by molar-refractivity contribution is 5.77.